The van der Waals surface area contributed by atoms with Crippen molar-refractivity contribution < 1.29 is 19.5 Å². The predicted octanol–water partition coefficient (Wildman–Crippen LogP) is 0.310. The number of amides is 3. The van der Waals surface area contributed by atoms with Crippen molar-refractivity contribution in [2.45, 2.75) is 46.7 Å². The molecule has 0 spiro atoms. The van der Waals surface area contributed by atoms with Crippen molar-refractivity contribution in [2.75, 3.05) is 6.54 Å². The minimum absolute atomic E-state index is 0.0151. The molecule has 0 heterocycles. The Bertz CT molecular complexity index is 347. The van der Waals surface area contributed by atoms with Gasteiger partial charge in [0.05, 0.1) is 6.54 Å². The van der Waals surface area contributed by atoms with Crippen LogP contribution in [0.25, 0.3) is 0 Å². The van der Waals surface area contributed by atoms with Gasteiger partial charge < -0.3 is 21.1 Å². The number of carboxylic acids is 1. The van der Waals surface area contributed by atoms with Crippen molar-refractivity contribution in [1.29, 1.82) is 0 Å². The van der Waals surface area contributed by atoms with Gasteiger partial charge in [0, 0.05) is 6.04 Å². The first-order chi connectivity index (χ1) is 8.54. The lowest BCUT2D eigenvalue weighted by Gasteiger charge is -2.27. The van der Waals surface area contributed by atoms with E-state index in [0.717, 1.165) is 0 Å². The van der Waals surface area contributed by atoms with Crippen molar-refractivity contribution in [3.8, 4) is 0 Å². The topological polar surface area (TPSA) is 108 Å². The summed E-state index contributed by atoms with van der Waals surface area (Å²) in [5, 5.41) is 16.3. The highest BCUT2D eigenvalue weighted by Crippen LogP contribution is 2.19. The monoisotopic (exact) mass is 273 g/mol. The number of carboxylic acid groups (broad SMARTS) is 1. The van der Waals surface area contributed by atoms with E-state index >= 15 is 0 Å². The zero-order valence-electron chi connectivity index (χ0n) is 12.0. The van der Waals surface area contributed by atoms with E-state index < -0.39 is 23.5 Å². The van der Waals surface area contributed by atoms with Crippen LogP contribution in [0.2, 0.25) is 0 Å². The van der Waals surface area contributed by atoms with Crippen molar-refractivity contribution in [3.05, 3.63) is 0 Å². The van der Waals surface area contributed by atoms with Crippen LogP contribution in [-0.4, -0.2) is 41.6 Å². The third kappa shape index (κ3) is 7.28. The molecule has 7 nitrogen and oxygen atoms in total. The fourth-order valence-corrected chi connectivity index (χ4v) is 1.36. The van der Waals surface area contributed by atoms with Gasteiger partial charge in [-0.05, 0) is 19.3 Å². The Morgan fingerprint density at radius 1 is 1.11 bits per heavy atom. The maximum absolute atomic E-state index is 11.5. The Hall–Kier alpha value is -1.79. The summed E-state index contributed by atoms with van der Waals surface area (Å²) < 4.78 is 0. The number of carbonyl (C=O) groups is 3. The first kappa shape index (κ1) is 17.2. The lowest BCUT2D eigenvalue weighted by atomic mass is 9.87. The summed E-state index contributed by atoms with van der Waals surface area (Å²) in [6, 6.07) is -1.72. The highest BCUT2D eigenvalue weighted by molar-refractivity contribution is 5.86. The van der Waals surface area contributed by atoms with E-state index in [0.29, 0.717) is 0 Å². The van der Waals surface area contributed by atoms with Gasteiger partial charge in [-0.1, -0.05) is 20.8 Å². The number of urea groups is 1. The summed E-state index contributed by atoms with van der Waals surface area (Å²) in [5.74, 6) is -1.44. The summed E-state index contributed by atoms with van der Waals surface area (Å²) >= 11 is 0. The minimum Gasteiger partial charge on any atom is -0.480 e. The van der Waals surface area contributed by atoms with Gasteiger partial charge in [0.25, 0.3) is 0 Å². The Labute approximate surface area is 113 Å². The number of hydrogen-bond acceptors (Lipinski definition) is 3. The Morgan fingerprint density at radius 3 is 2.00 bits per heavy atom. The molecule has 0 aliphatic heterocycles. The summed E-state index contributed by atoms with van der Waals surface area (Å²) in [5.41, 5.74) is -0.622. The normalized spacial score (nSPS) is 12.7. The Kier molecular flexibility index (Phi) is 6.31. The SMILES string of the molecule is CC(C)NC(=O)CNC(=O)NC(C(=O)O)C(C)(C)C. The molecule has 0 fully saturated rings. The molecule has 0 aliphatic rings. The second-order valence-corrected chi connectivity index (χ2v) is 5.69. The van der Waals surface area contributed by atoms with Gasteiger partial charge in [0.2, 0.25) is 5.91 Å². The number of aliphatic carboxylic acids is 1. The summed E-state index contributed by atoms with van der Waals surface area (Å²) in [4.78, 5) is 33.9. The van der Waals surface area contributed by atoms with Crippen LogP contribution in [0.4, 0.5) is 4.79 Å². The molecule has 0 aliphatic carbocycles. The lowest BCUT2D eigenvalue weighted by molar-refractivity contribution is -0.141. The van der Waals surface area contributed by atoms with Gasteiger partial charge in [-0.3, -0.25) is 4.79 Å². The molecule has 0 bridgehead atoms. The van der Waals surface area contributed by atoms with Crippen LogP contribution in [0.5, 0.6) is 0 Å². The lowest BCUT2D eigenvalue weighted by Crippen LogP contribution is -2.53. The molecule has 0 aromatic rings. The van der Waals surface area contributed by atoms with Gasteiger partial charge in [0.15, 0.2) is 0 Å². The molecule has 0 saturated heterocycles. The van der Waals surface area contributed by atoms with Gasteiger partial charge >= 0.3 is 12.0 Å². The molecule has 4 N–H and O–H groups in total. The van der Waals surface area contributed by atoms with E-state index in [1.54, 1.807) is 34.6 Å². The van der Waals surface area contributed by atoms with Crippen molar-refractivity contribution in [1.82, 2.24) is 16.0 Å². The molecule has 1 unspecified atom stereocenters. The van der Waals surface area contributed by atoms with Crippen molar-refractivity contribution in [2.24, 2.45) is 5.41 Å². The zero-order valence-corrected chi connectivity index (χ0v) is 12.0. The average molecular weight is 273 g/mol. The minimum atomic E-state index is -1.12. The van der Waals surface area contributed by atoms with Crippen LogP contribution in [-0.2, 0) is 9.59 Å². The third-order valence-corrected chi connectivity index (χ3v) is 2.25. The van der Waals surface area contributed by atoms with Gasteiger partial charge in [-0.15, -0.1) is 0 Å². The molecule has 1 atom stereocenters. The van der Waals surface area contributed by atoms with E-state index in [9.17, 15) is 14.4 Å². The Balaban J connectivity index is 4.30. The number of carbonyl (C=O) groups excluding carboxylic acids is 2. The average Bonchev–Trinajstić information content (AvgIpc) is 2.20. The third-order valence-electron chi connectivity index (χ3n) is 2.25. The molecule has 0 aromatic heterocycles. The molecular weight excluding hydrogens is 250 g/mol. The van der Waals surface area contributed by atoms with Gasteiger partial charge in [-0.25, -0.2) is 9.59 Å². The smallest absolute Gasteiger partial charge is 0.326 e. The predicted molar refractivity (Wildman–Crippen MR) is 70.7 cm³/mol. The molecule has 19 heavy (non-hydrogen) atoms. The van der Waals surface area contributed by atoms with E-state index in [1.165, 1.54) is 0 Å². The van der Waals surface area contributed by atoms with Crippen LogP contribution in [0, 0.1) is 5.41 Å². The second-order valence-electron chi connectivity index (χ2n) is 5.69. The molecule has 0 saturated carbocycles. The maximum atomic E-state index is 11.5. The van der Waals surface area contributed by atoms with E-state index in [-0.39, 0.29) is 18.5 Å². The molecule has 0 radical (unpaired) electrons. The molecule has 7 heteroatoms. The van der Waals surface area contributed by atoms with E-state index in [1.807, 2.05) is 0 Å². The maximum Gasteiger partial charge on any atom is 0.326 e. The molecule has 0 aromatic carbocycles. The van der Waals surface area contributed by atoms with Gasteiger partial charge in [0.1, 0.15) is 6.04 Å². The Morgan fingerprint density at radius 2 is 1.63 bits per heavy atom. The van der Waals surface area contributed by atoms with Crippen LogP contribution in [0.15, 0.2) is 0 Å². The van der Waals surface area contributed by atoms with Crippen molar-refractivity contribution >= 4 is 17.9 Å². The molecular formula is C12H23N3O4. The van der Waals surface area contributed by atoms with Crippen molar-refractivity contribution in [3.63, 3.8) is 0 Å². The zero-order chi connectivity index (χ0) is 15.2. The summed E-state index contributed by atoms with van der Waals surface area (Å²) in [6.45, 7) is 8.53. The number of hydrogen-bond donors (Lipinski definition) is 4. The fourth-order valence-electron chi connectivity index (χ4n) is 1.36. The van der Waals surface area contributed by atoms with Crippen LogP contribution < -0.4 is 16.0 Å². The standard InChI is InChI=1S/C12H23N3O4/c1-7(2)14-8(16)6-13-11(19)15-9(10(17)18)12(3,4)5/h7,9H,6H2,1-5H3,(H,14,16)(H,17,18)(H2,13,15,19). The van der Waals surface area contributed by atoms with E-state index in [4.69, 9.17) is 5.11 Å². The van der Waals surface area contributed by atoms with E-state index in [2.05, 4.69) is 16.0 Å². The fraction of sp³-hybridized carbons (Fsp3) is 0.750. The molecule has 3 amide bonds. The van der Waals surface area contributed by atoms with Gasteiger partial charge in [-0.2, -0.15) is 0 Å². The highest BCUT2D eigenvalue weighted by atomic mass is 16.4. The first-order valence-electron chi connectivity index (χ1n) is 6.10. The quantitative estimate of drug-likeness (QED) is 0.578. The largest absolute Gasteiger partial charge is 0.480 e. The van der Waals surface area contributed by atoms with Crippen LogP contribution >= 0.6 is 0 Å². The van der Waals surface area contributed by atoms with Crippen LogP contribution in [0.3, 0.4) is 0 Å². The number of nitrogens with one attached hydrogen (secondary N) is 3. The summed E-state index contributed by atoms with van der Waals surface area (Å²) in [6.07, 6.45) is 0. The summed E-state index contributed by atoms with van der Waals surface area (Å²) in [7, 11) is 0. The molecule has 110 valence electrons. The second kappa shape index (κ2) is 6.96. The number of rotatable bonds is 5. The first-order valence-corrected chi connectivity index (χ1v) is 6.10. The molecule has 0 rings (SSSR count). The van der Waals surface area contributed by atoms with Crippen LogP contribution in [0.1, 0.15) is 34.6 Å². The highest BCUT2D eigenvalue weighted by Gasteiger charge is 2.32.